The molecule has 18 heavy (non-hydrogen) atoms. The van der Waals surface area contributed by atoms with Gasteiger partial charge in [-0.05, 0) is 18.2 Å². The third-order valence-electron chi connectivity index (χ3n) is 2.42. The third kappa shape index (κ3) is 2.00. The lowest BCUT2D eigenvalue weighted by Crippen LogP contribution is -2.23. The summed E-state index contributed by atoms with van der Waals surface area (Å²) in [6.07, 6.45) is 1.05. The Kier molecular flexibility index (Phi) is 2.92. The number of hydrogen-bond donors (Lipinski definition) is 1. The van der Waals surface area contributed by atoms with Crippen LogP contribution in [0.1, 0.15) is 0 Å². The standard InChI is InChI=1S/C9H11N3O4S2/c1-12(2)18(15,16)7-3-4-8-9(5-7)17(13,14)11-6-10-8/h3-6H,1-2H3,(H,10,11). The van der Waals surface area contributed by atoms with Gasteiger partial charge in [0.25, 0.3) is 10.0 Å². The Balaban J connectivity index is 2.67. The highest BCUT2D eigenvalue weighted by atomic mass is 32.2. The van der Waals surface area contributed by atoms with Crippen LogP contribution in [0.15, 0.2) is 32.4 Å². The zero-order valence-electron chi connectivity index (χ0n) is 9.65. The normalized spacial score (nSPS) is 17.3. The number of rotatable bonds is 2. The second-order valence-electron chi connectivity index (χ2n) is 3.80. The Labute approximate surface area is 105 Å². The van der Waals surface area contributed by atoms with Crippen LogP contribution in [-0.4, -0.2) is 41.6 Å². The molecule has 1 aliphatic heterocycles. The van der Waals surface area contributed by atoms with Crippen LogP contribution in [0, 0.1) is 0 Å². The van der Waals surface area contributed by atoms with Crippen LogP contribution >= 0.6 is 0 Å². The highest BCUT2D eigenvalue weighted by Crippen LogP contribution is 2.28. The molecule has 1 aromatic carbocycles. The molecule has 0 saturated heterocycles. The lowest BCUT2D eigenvalue weighted by atomic mass is 10.3. The van der Waals surface area contributed by atoms with E-state index in [9.17, 15) is 16.8 Å². The van der Waals surface area contributed by atoms with E-state index >= 15 is 0 Å². The van der Waals surface area contributed by atoms with Crippen LogP contribution in [-0.2, 0) is 20.0 Å². The summed E-state index contributed by atoms with van der Waals surface area (Å²) in [5, 5.41) is 2.65. The smallest absolute Gasteiger partial charge is 0.285 e. The van der Waals surface area contributed by atoms with Crippen molar-refractivity contribution in [3.05, 3.63) is 18.2 Å². The van der Waals surface area contributed by atoms with Crippen molar-refractivity contribution in [2.24, 2.45) is 4.40 Å². The first kappa shape index (κ1) is 13.0. The maximum Gasteiger partial charge on any atom is 0.285 e. The molecular weight excluding hydrogens is 278 g/mol. The van der Waals surface area contributed by atoms with Crippen LogP contribution in [0.2, 0.25) is 0 Å². The molecule has 98 valence electrons. The fraction of sp³-hybridized carbons (Fsp3) is 0.222. The molecule has 9 heteroatoms. The molecule has 2 rings (SSSR count). The number of benzene rings is 1. The molecule has 0 saturated carbocycles. The van der Waals surface area contributed by atoms with E-state index < -0.39 is 20.0 Å². The van der Waals surface area contributed by atoms with Gasteiger partial charge in [0.05, 0.1) is 10.6 Å². The first-order valence-corrected chi connectivity index (χ1v) is 7.75. The Morgan fingerprint density at radius 1 is 1.28 bits per heavy atom. The highest BCUT2D eigenvalue weighted by Gasteiger charge is 2.25. The van der Waals surface area contributed by atoms with Crippen molar-refractivity contribution in [1.29, 1.82) is 0 Å². The number of nitrogens with zero attached hydrogens (tertiary/aromatic N) is 2. The number of sulfonamides is 2. The lowest BCUT2D eigenvalue weighted by molar-refractivity contribution is 0.520. The highest BCUT2D eigenvalue weighted by molar-refractivity contribution is 7.91. The Bertz CT molecular complexity index is 720. The van der Waals surface area contributed by atoms with Crippen LogP contribution in [0.5, 0.6) is 0 Å². The predicted octanol–water partition coefficient (Wildman–Crippen LogP) is 0.0794. The van der Waals surface area contributed by atoms with E-state index in [1.165, 1.54) is 26.2 Å². The minimum absolute atomic E-state index is 0.0891. The van der Waals surface area contributed by atoms with Crippen LogP contribution < -0.4 is 5.32 Å². The quantitative estimate of drug-likeness (QED) is 0.831. The molecule has 1 heterocycles. The molecule has 0 radical (unpaired) electrons. The van der Waals surface area contributed by atoms with E-state index in [-0.39, 0.29) is 9.79 Å². The van der Waals surface area contributed by atoms with Crippen molar-refractivity contribution >= 4 is 32.1 Å². The number of anilines is 1. The largest absolute Gasteiger partial charge is 0.345 e. The number of hydrogen-bond acceptors (Lipinski definition) is 5. The van der Waals surface area contributed by atoms with Gasteiger partial charge in [-0.3, -0.25) is 0 Å². The Morgan fingerprint density at radius 2 is 1.94 bits per heavy atom. The van der Waals surface area contributed by atoms with Crippen LogP contribution in [0.3, 0.4) is 0 Å². The second-order valence-corrected chi connectivity index (χ2v) is 7.55. The van der Waals surface area contributed by atoms with Crippen LogP contribution in [0.4, 0.5) is 5.69 Å². The summed E-state index contributed by atoms with van der Waals surface area (Å²) in [5.74, 6) is 0. The zero-order chi connectivity index (χ0) is 13.6. The Hall–Kier alpha value is -1.45. The summed E-state index contributed by atoms with van der Waals surface area (Å²) in [7, 11) is -4.75. The minimum atomic E-state index is -3.83. The van der Waals surface area contributed by atoms with Gasteiger partial charge in [0, 0.05) is 14.1 Å². The molecule has 1 aliphatic rings. The maximum absolute atomic E-state index is 11.9. The molecule has 0 fully saturated rings. The predicted molar refractivity (Wildman–Crippen MR) is 66.6 cm³/mol. The van der Waals surface area contributed by atoms with Crippen molar-refractivity contribution < 1.29 is 16.8 Å². The average molecular weight is 289 g/mol. The molecule has 0 bridgehead atoms. The van der Waals surface area contributed by atoms with E-state index in [0.29, 0.717) is 5.69 Å². The van der Waals surface area contributed by atoms with Gasteiger partial charge in [0.1, 0.15) is 11.2 Å². The van der Waals surface area contributed by atoms with Gasteiger partial charge in [-0.15, -0.1) is 4.40 Å². The van der Waals surface area contributed by atoms with Crippen molar-refractivity contribution in [3.63, 3.8) is 0 Å². The maximum atomic E-state index is 11.9. The van der Waals surface area contributed by atoms with Crippen molar-refractivity contribution in [3.8, 4) is 0 Å². The SMILES string of the molecule is CN(C)S(=O)(=O)c1ccc2c(c1)S(=O)(=O)N=CN2. The summed E-state index contributed by atoms with van der Waals surface area (Å²) in [5.41, 5.74) is 0.308. The van der Waals surface area contributed by atoms with E-state index in [1.54, 1.807) is 0 Å². The van der Waals surface area contributed by atoms with Gasteiger partial charge < -0.3 is 5.32 Å². The monoisotopic (exact) mass is 289 g/mol. The van der Waals surface area contributed by atoms with E-state index in [1.807, 2.05) is 0 Å². The minimum Gasteiger partial charge on any atom is -0.345 e. The molecule has 7 nitrogen and oxygen atoms in total. The first-order valence-electron chi connectivity index (χ1n) is 4.87. The van der Waals surface area contributed by atoms with E-state index in [2.05, 4.69) is 9.71 Å². The van der Waals surface area contributed by atoms with Crippen molar-refractivity contribution in [1.82, 2.24) is 4.31 Å². The third-order valence-corrected chi connectivity index (χ3v) is 5.51. The van der Waals surface area contributed by atoms with Crippen molar-refractivity contribution in [2.45, 2.75) is 9.79 Å². The summed E-state index contributed by atoms with van der Waals surface area (Å²) in [4.78, 5) is -0.235. The van der Waals surface area contributed by atoms with Crippen molar-refractivity contribution in [2.75, 3.05) is 19.4 Å². The van der Waals surface area contributed by atoms with E-state index in [4.69, 9.17) is 0 Å². The summed E-state index contributed by atoms with van der Waals surface area (Å²) in [6, 6.07) is 3.84. The molecule has 0 unspecified atom stereocenters. The van der Waals surface area contributed by atoms with Gasteiger partial charge in [-0.1, -0.05) is 0 Å². The summed E-state index contributed by atoms with van der Waals surface area (Å²) < 4.78 is 51.5. The summed E-state index contributed by atoms with van der Waals surface area (Å²) >= 11 is 0. The Morgan fingerprint density at radius 3 is 2.56 bits per heavy atom. The molecule has 0 atom stereocenters. The lowest BCUT2D eigenvalue weighted by Gasteiger charge is -2.15. The van der Waals surface area contributed by atoms with Gasteiger partial charge in [0.15, 0.2) is 0 Å². The first-order chi connectivity index (χ1) is 8.25. The number of nitrogens with one attached hydrogen (secondary N) is 1. The number of fused-ring (bicyclic) bond motifs is 1. The molecule has 0 aliphatic carbocycles. The van der Waals surface area contributed by atoms with Gasteiger partial charge in [-0.25, -0.2) is 12.7 Å². The second kappa shape index (κ2) is 4.04. The fourth-order valence-corrected chi connectivity index (χ4v) is 3.42. The average Bonchev–Trinajstić information content (AvgIpc) is 2.28. The molecular formula is C9H11N3O4S2. The van der Waals surface area contributed by atoms with Crippen LogP contribution in [0.25, 0.3) is 0 Å². The summed E-state index contributed by atoms with van der Waals surface area (Å²) in [6.45, 7) is 0. The molecule has 1 aromatic rings. The molecule has 0 amide bonds. The zero-order valence-corrected chi connectivity index (χ0v) is 11.3. The van der Waals surface area contributed by atoms with Gasteiger partial charge in [0.2, 0.25) is 10.0 Å². The van der Waals surface area contributed by atoms with Gasteiger partial charge >= 0.3 is 0 Å². The fourth-order valence-electron chi connectivity index (χ4n) is 1.43. The molecule has 0 spiro atoms. The van der Waals surface area contributed by atoms with Gasteiger partial charge in [-0.2, -0.15) is 8.42 Å². The van der Waals surface area contributed by atoms with E-state index in [0.717, 1.165) is 16.7 Å². The molecule has 0 aromatic heterocycles. The topological polar surface area (TPSA) is 95.9 Å². The molecule has 1 N–H and O–H groups in total.